The van der Waals surface area contributed by atoms with Gasteiger partial charge in [0.2, 0.25) is 0 Å². The second-order valence-corrected chi connectivity index (χ2v) is 5.20. The number of halogens is 1. The molecule has 0 aromatic heterocycles. The van der Waals surface area contributed by atoms with Crippen molar-refractivity contribution in [3.63, 3.8) is 0 Å². The minimum atomic E-state index is 0.448. The summed E-state index contributed by atoms with van der Waals surface area (Å²) in [5.41, 5.74) is 9.24. The Balaban J connectivity index is 2.20. The van der Waals surface area contributed by atoms with E-state index in [1.807, 2.05) is 0 Å². The molecule has 0 radical (unpaired) electrons. The zero-order valence-corrected chi connectivity index (χ0v) is 11.1. The summed E-state index contributed by atoms with van der Waals surface area (Å²) in [4.78, 5) is 4.36. The number of guanidine groups is 1. The smallest absolute Gasteiger partial charge is 0.193 e. The first-order valence-electron chi connectivity index (χ1n) is 5.43. The van der Waals surface area contributed by atoms with Gasteiger partial charge in [-0.2, -0.15) is 0 Å². The molecule has 2 rings (SSSR count). The van der Waals surface area contributed by atoms with Crippen molar-refractivity contribution in [1.82, 2.24) is 0 Å². The van der Waals surface area contributed by atoms with Crippen LogP contribution in [0.3, 0.4) is 0 Å². The summed E-state index contributed by atoms with van der Waals surface area (Å²) in [7, 11) is 0. The average Bonchev–Trinajstić information content (AvgIpc) is 2.95. The Labute approximate surface area is 104 Å². The molecule has 0 amide bonds. The molecule has 86 valence electrons. The maximum atomic E-state index is 5.85. The minimum Gasteiger partial charge on any atom is -0.370 e. The van der Waals surface area contributed by atoms with Gasteiger partial charge < -0.3 is 11.1 Å². The molecular formula is C12H16BrN3. The van der Waals surface area contributed by atoms with Crippen LogP contribution in [0.5, 0.6) is 0 Å². The molecule has 16 heavy (non-hydrogen) atoms. The molecule has 4 heteroatoms. The highest BCUT2D eigenvalue weighted by molar-refractivity contribution is 9.10. The zero-order valence-electron chi connectivity index (χ0n) is 9.55. The molecular weight excluding hydrogens is 266 g/mol. The van der Waals surface area contributed by atoms with Gasteiger partial charge in [0.05, 0.1) is 6.04 Å². The molecule has 0 spiro atoms. The monoisotopic (exact) mass is 281 g/mol. The highest BCUT2D eigenvalue weighted by Crippen LogP contribution is 2.26. The number of nitrogens with zero attached hydrogens (tertiary/aromatic N) is 1. The fourth-order valence-electron chi connectivity index (χ4n) is 1.67. The highest BCUT2D eigenvalue weighted by Gasteiger charge is 2.20. The second kappa shape index (κ2) is 4.45. The van der Waals surface area contributed by atoms with Crippen LogP contribution in [0.4, 0.5) is 5.69 Å². The van der Waals surface area contributed by atoms with E-state index in [0.717, 1.165) is 10.2 Å². The van der Waals surface area contributed by atoms with Crippen LogP contribution in [-0.4, -0.2) is 12.0 Å². The summed E-state index contributed by atoms with van der Waals surface area (Å²) in [5, 5.41) is 3.18. The molecule has 1 fully saturated rings. The van der Waals surface area contributed by atoms with E-state index in [-0.39, 0.29) is 0 Å². The largest absolute Gasteiger partial charge is 0.370 e. The van der Waals surface area contributed by atoms with Crippen LogP contribution in [0.15, 0.2) is 21.6 Å². The number of benzene rings is 1. The SMILES string of the molecule is Cc1cc(Br)cc(C)c1NC(N)=NC1CC1. The van der Waals surface area contributed by atoms with Crippen molar-refractivity contribution in [3.8, 4) is 0 Å². The molecule has 0 aliphatic heterocycles. The number of hydrogen-bond donors (Lipinski definition) is 2. The van der Waals surface area contributed by atoms with E-state index in [0.29, 0.717) is 12.0 Å². The van der Waals surface area contributed by atoms with Crippen LogP contribution < -0.4 is 11.1 Å². The molecule has 0 saturated heterocycles. The van der Waals surface area contributed by atoms with Crippen molar-refractivity contribution in [3.05, 3.63) is 27.7 Å². The van der Waals surface area contributed by atoms with Crippen LogP contribution >= 0.6 is 15.9 Å². The number of aliphatic imine (C=N–C) groups is 1. The van der Waals surface area contributed by atoms with Crippen LogP contribution in [0.25, 0.3) is 0 Å². The molecule has 0 unspecified atom stereocenters. The Morgan fingerprint density at radius 3 is 2.44 bits per heavy atom. The van der Waals surface area contributed by atoms with Gasteiger partial charge in [-0.1, -0.05) is 15.9 Å². The van der Waals surface area contributed by atoms with E-state index in [1.165, 1.54) is 24.0 Å². The van der Waals surface area contributed by atoms with Crippen LogP contribution in [0.1, 0.15) is 24.0 Å². The number of anilines is 1. The van der Waals surface area contributed by atoms with Gasteiger partial charge in [0.25, 0.3) is 0 Å². The molecule has 3 nitrogen and oxygen atoms in total. The molecule has 1 aromatic carbocycles. The van der Waals surface area contributed by atoms with Crippen molar-refractivity contribution < 1.29 is 0 Å². The number of aryl methyl sites for hydroxylation is 2. The highest BCUT2D eigenvalue weighted by atomic mass is 79.9. The topological polar surface area (TPSA) is 50.4 Å². The Morgan fingerprint density at radius 1 is 1.38 bits per heavy atom. The normalized spacial score (nSPS) is 16.3. The van der Waals surface area contributed by atoms with Gasteiger partial charge in [0, 0.05) is 10.2 Å². The van der Waals surface area contributed by atoms with Crippen molar-refractivity contribution in [2.75, 3.05) is 5.32 Å². The Kier molecular flexibility index (Phi) is 3.19. The molecule has 1 saturated carbocycles. The molecule has 3 N–H and O–H groups in total. The lowest BCUT2D eigenvalue weighted by Crippen LogP contribution is -2.24. The van der Waals surface area contributed by atoms with Gasteiger partial charge >= 0.3 is 0 Å². The van der Waals surface area contributed by atoms with Gasteiger partial charge in [-0.15, -0.1) is 0 Å². The summed E-state index contributed by atoms with van der Waals surface area (Å²) in [5.74, 6) is 0.524. The van der Waals surface area contributed by atoms with Gasteiger partial charge in [0.1, 0.15) is 0 Å². The molecule has 1 aromatic rings. The van der Waals surface area contributed by atoms with Crippen LogP contribution in [0.2, 0.25) is 0 Å². The molecule has 0 heterocycles. The Bertz CT molecular complexity index is 413. The predicted molar refractivity (Wildman–Crippen MR) is 71.9 cm³/mol. The third-order valence-corrected chi connectivity index (χ3v) is 3.08. The summed E-state index contributed by atoms with van der Waals surface area (Å²) in [6, 6.07) is 4.59. The van der Waals surface area contributed by atoms with E-state index in [4.69, 9.17) is 5.73 Å². The Hall–Kier alpha value is -1.03. The van der Waals surface area contributed by atoms with E-state index < -0.39 is 0 Å². The predicted octanol–water partition coefficient (Wildman–Crippen LogP) is 2.95. The van der Waals surface area contributed by atoms with Gasteiger partial charge in [-0.3, -0.25) is 0 Å². The average molecular weight is 282 g/mol. The van der Waals surface area contributed by atoms with Crippen molar-refractivity contribution >= 4 is 27.6 Å². The van der Waals surface area contributed by atoms with Crippen molar-refractivity contribution in [2.24, 2.45) is 10.7 Å². The first kappa shape index (κ1) is 11.5. The molecule has 1 aliphatic rings. The maximum absolute atomic E-state index is 5.85. The maximum Gasteiger partial charge on any atom is 0.193 e. The lowest BCUT2D eigenvalue weighted by atomic mass is 10.1. The number of rotatable bonds is 2. The van der Waals surface area contributed by atoms with E-state index in [9.17, 15) is 0 Å². The van der Waals surface area contributed by atoms with Crippen molar-refractivity contribution in [1.29, 1.82) is 0 Å². The molecule has 0 atom stereocenters. The van der Waals surface area contributed by atoms with Crippen LogP contribution in [-0.2, 0) is 0 Å². The quantitative estimate of drug-likeness (QED) is 0.647. The van der Waals surface area contributed by atoms with E-state index >= 15 is 0 Å². The summed E-state index contributed by atoms with van der Waals surface area (Å²) in [6.07, 6.45) is 2.33. The van der Waals surface area contributed by atoms with E-state index in [2.05, 4.69) is 52.2 Å². The van der Waals surface area contributed by atoms with E-state index in [1.54, 1.807) is 0 Å². The first-order chi connectivity index (χ1) is 7.56. The molecule has 1 aliphatic carbocycles. The van der Waals surface area contributed by atoms with Gasteiger partial charge in [-0.05, 0) is 49.9 Å². The first-order valence-corrected chi connectivity index (χ1v) is 6.22. The molecule has 0 bridgehead atoms. The third-order valence-electron chi connectivity index (χ3n) is 2.62. The minimum absolute atomic E-state index is 0.448. The van der Waals surface area contributed by atoms with Gasteiger partial charge in [0.15, 0.2) is 5.96 Å². The summed E-state index contributed by atoms with van der Waals surface area (Å²) < 4.78 is 1.09. The number of nitrogens with two attached hydrogens (primary N) is 1. The summed E-state index contributed by atoms with van der Waals surface area (Å²) in [6.45, 7) is 4.12. The van der Waals surface area contributed by atoms with Crippen LogP contribution in [0, 0.1) is 13.8 Å². The standard InChI is InChI=1S/C12H16BrN3/c1-7-5-9(13)6-8(2)11(7)16-12(14)15-10-3-4-10/h5-6,10H,3-4H2,1-2H3,(H3,14,15,16). The zero-order chi connectivity index (χ0) is 11.7. The van der Waals surface area contributed by atoms with Crippen molar-refractivity contribution in [2.45, 2.75) is 32.7 Å². The lowest BCUT2D eigenvalue weighted by Gasteiger charge is -2.12. The third kappa shape index (κ3) is 2.76. The number of nitrogens with one attached hydrogen (secondary N) is 1. The fourth-order valence-corrected chi connectivity index (χ4v) is 2.36. The lowest BCUT2D eigenvalue weighted by molar-refractivity contribution is 1.06. The number of hydrogen-bond acceptors (Lipinski definition) is 1. The fraction of sp³-hybridized carbons (Fsp3) is 0.417. The second-order valence-electron chi connectivity index (χ2n) is 4.29. The summed E-state index contributed by atoms with van der Waals surface area (Å²) >= 11 is 3.47. The Morgan fingerprint density at radius 2 is 1.94 bits per heavy atom. The van der Waals surface area contributed by atoms with Gasteiger partial charge in [-0.25, -0.2) is 4.99 Å².